The molecule has 0 aliphatic heterocycles. The van der Waals surface area contributed by atoms with E-state index in [2.05, 4.69) is 0 Å². The molecule has 0 saturated heterocycles. The second kappa shape index (κ2) is 3.80. The SMILES string of the molecule is O=[N+]([O-])c1cc([N+](=O)[O-])c2ccc[n+]([O-])c2c1O. The third-order valence-electron chi connectivity index (χ3n) is 2.37. The average Bonchev–Trinajstić information content (AvgIpc) is 2.28. The van der Waals surface area contributed by atoms with Crippen LogP contribution in [-0.2, 0) is 0 Å². The number of phenols is 1. The molecular weight excluding hydrogens is 246 g/mol. The molecule has 0 aliphatic carbocycles. The Morgan fingerprint density at radius 3 is 2.33 bits per heavy atom. The minimum Gasteiger partial charge on any atom is -0.618 e. The molecule has 0 bridgehead atoms. The Morgan fingerprint density at radius 1 is 1.17 bits per heavy atom. The first-order chi connectivity index (χ1) is 8.43. The van der Waals surface area contributed by atoms with Gasteiger partial charge < -0.3 is 10.3 Å². The molecule has 0 unspecified atom stereocenters. The second-order valence-corrected chi connectivity index (χ2v) is 3.37. The monoisotopic (exact) mass is 251 g/mol. The van der Waals surface area contributed by atoms with Gasteiger partial charge in [-0.3, -0.25) is 20.2 Å². The molecule has 0 spiro atoms. The molecule has 2 aromatic rings. The fourth-order valence-corrected chi connectivity index (χ4v) is 1.62. The molecule has 9 nitrogen and oxygen atoms in total. The summed E-state index contributed by atoms with van der Waals surface area (Å²) in [5, 5.41) is 42.4. The van der Waals surface area contributed by atoms with Gasteiger partial charge in [-0.05, 0) is 6.07 Å². The van der Waals surface area contributed by atoms with Crippen LogP contribution in [0, 0.1) is 25.4 Å². The minimum atomic E-state index is -0.991. The number of nitro groups is 2. The second-order valence-electron chi connectivity index (χ2n) is 3.37. The van der Waals surface area contributed by atoms with E-state index < -0.39 is 32.5 Å². The minimum absolute atomic E-state index is 0.144. The van der Waals surface area contributed by atoms with Gasteiger partial charge in [-0.25, -0.2) is 0 Å². The summed E-state index contributed by atoms with van der Waals surface area (Å²) in [4.78, 5) is 19.6. The van der Waals surface area contributed by atoms with Crippen molar-refractivity contribution in [2.24, 2.45) is 0 Å². The Bertz CT molecular complexity index is 684. The Hall–Kier alpha value is -2.97. The van der Waals surface area contributed by atoms with Crippen molar-refractivity contribution < 1.29 is 19.7 Å². The van der Waals surface area contributed by atoms with Gasteiger partial charge in [0.15, 0.2) is 6.20 Å². The highest BCUT2D eigenvalue weighted by Crippen LogP contribution is 2.38. The number of fused-ring (bicyclic) bond motifs is 1. The van der Waals surface area contributed by atoms with E-state index in [0.717, 1.165) is 6.20 Å². The summed E-state index contributed by atoms with van der Waals surface area (Å²) in [6.07, 6.45) is 0.982. The molecule has 1 aromatic carbocycles. The maximum Gasteiger partial charge on any atom is 0.324 e. The fourth-order valence-electron chi connectivity index (χ4n) is 1.62. The van der Waals surface area contributed by atoms with Gasteiger partial charge in [-0.2, -0.15) is 4.73 Å². The predicted molar refractivity (Wildman–Crippen MR) is 57.9 cm³/mol. The van der Waals surface area contributed by atoms with Crippen LogP contribution in [0.15, 0.2) is 24.4 Å². The van der Waals surface area contributed by atoms with Crippen molar-refractivity contribution in [3.63, 3.8) is 0 Å². The molecule has 92 valence electrons. The summed E-state index contributed by atoms with van der Waals surface area (Å²) in [5.41, 5.74) is -2.00. The Balaban J connectivity index is 3.02. The summed E-state index contributed by atoms with van der Waals surface area (Å²) in [6, 6.07) is 3.09. The summed E-state index contributed by atoms with van der Waals surface area (Å²) < 4.78 is 0.144. The van der Waals surface area contributed by atoms with Crippen molar-refractivity contribution in [2.75, 3.05) is 0 Å². The molecule has 1 N–H and O–H groups in total. The molecule has 2 rings (SSSR count). The van der Waals surface area contributed by atoms with Gasteiger partial charge in [-0.1, -0.05) is 0 Å². The van der Waals surface area contributed by atoms with Gasteiger partial charge >= 0.3 is 5.69 Å². The van der Waals surface area contributed by atoms with Crippen LogP contribution in [0.5, 0.6) is 5.75 Å². The Morgan fingerprint density at radius 2 is 1.78 bits per heavy atom. The highest BCUT2D eigenvalue weighted by molar-refractivity contribution is 5.93. The molecule has 0 saturated carbocycles. The van der Waals surface area contributed by atoms with Crippen LogP contribution in [0.3, 0.4) is 0 Å². The van der Waals surface area contributed by atoms with Crippen LogP contribution in [0.1, 0.15) is 0 Å². The smallest absolute Gasteiger partial charge is 0.324 e. The zero-order valence-corrected chi connectivity index (χ0v) is 8.64. The van der Waals surface area contributed by atoms with E-state index in [4.69, 9.17) is 0 Å². The standard InChI is InChI=1S/C9H5N3O6/c13-9-7(12(17)18)4-6(11(15)16)5-2-1-3-10(14)8(5)9/h1-4,13H. The third-order valence-corrected chi connectivity index (χ3v) is 2.37. The normalized spacial score (nSPS) is 10.4. The average molecular weight is 251 g/mol. The van der Waals surface area contributed by atoms with Crippen LogP contribution >= 0.6 is 0 Å². The van der Waals surface area contributed by atoms with Crippen LogP contribution in [-0.4, -0.2) is 15.0 Å². The van der Waals surface area contributed by atoms with Crippen LogP contribution in [0.2, 0.25) is 0 Å². The van der Waals surface area contributed by atoms with E-state index in [-0.39, 0.29) is 10.1 Å². The molecule has 0 aliphatic rings. The Labute approximate surface area is 98.4 Å². The van der Waals surface area contributed by atoms with Crippen LogP contribution in [0.25, 0.3) is 10.9 Å². The van der Waals surface area contributed by atoms with Crippen molar-refractivity contribution in [1.29, 1.82) is 0 Å². The van der Waals surface area contributed by atoms with E-state index in [1.165, 1.54) is 12.1 Å². The van der Waals surface area contributed by atoms with Crippen LogP contribution in [0.4, 0.5) is 11.4 Å². The van der Waals surface area contributed by atoms with Gasteiger partial charge in [0.05, 0.1) is 15.9 Å². The number of phenolic OH excluding ortho intramolecular Hbond substituents is 1. The first-order valence-corrected chi connectivity index (χ1v) is 4.60. The maximum absolute atomic E-state index is 11.5. The fraction of sp³-hybridized carbons (Fsp3) is 0. The highest BCUT2D eigenvalue weighted by Gasteiger charge is 2.30. The van der Waals surface area contributed by atoms with E-state index in [1.807, 2.05) is 0 Å². The maximum atomic E-state index is 11.5. The van der Waals surface area contributed by atoms with Crippen molar-refractivity contribution in [3.05, 3.63) is 49.8 Å². The van der Waals surface area contributed by atoms with Crippen molar-refractivity contribution in [3.8, 4) is 5.75 Å². The van der Waals surface area contributed by atoms with Gasteiger partial charge in [0, 0.05) is 6.07 Å². The predicted octanol–water partition coefficient (Wildman–Crippen LogP) is 0.995. The van der Waals surface area contributed by atoms with Gasteiger partial charge in [-0.15, -0.1) is 0 Å². The zero-order chi connectivity index (χ0) is 13.4. The lowest BCUT2D eigenvalue weighted by molar-refractivity contribution is -0.577. The summed E-state index contributed by atoms with van der Waals surface area (Å²) in [6.45, 7) is 0. The molecule has 0 fully saturated rings. The molecule has 1 heterocycles. The van der Waals surface area contributed by atoms with E-state index in [1.54, 1.807) is 0 Å². The molecule has 0 atom stereocenters. The number of rotatable bonds is 2. The first-order valence-electron chi connectivity index (χ1n) is 4.60. The van der Waals surface area contributed by atoms with E-state index in [0.29, 0.717) is 6.07 Å². The number of nitrogens with zero attached hydrogens (tertiary/aromatic N) is 3. The lowest BCUT2D eigenvalue weighted by Crippen LogP contribution is -2.26. The Kier molecular flexibility index (Phi) is 2.43. The van der Waals surface area contributed by atoms with Gasteiger partial charge in [0.1, 0.15) is 5.39 Å². The quantitative estimate of drug-likeness (QED) is 0.366. The highest BCUT2D eigenvalue weighted by atomic mass is 16.6. The number of hydrogen-bond donors (Lipinski definition) is 1. The number of benzene rings is 1. The number of non-ortho nitro benzene ring substituents is 1. The molecule has 18 heavy (non-hydrogen) atoms. The largest absolute Gasteiger partial charge is 0.618 e. The molecule has 1 aromatic heterocycles. The number of hydrogen-bond acceptors (Lipinski definition) is 6. The molecule has 0 radical (unpaired) electrons. The number of aromatic nitrogens is 1. The lowest BCUT2D eigenvalue weighted by Gasteiger charge is -2.04. The first kappa shape index (κ1) is 11.5. The molecule has 0 amide bonds. The van der Waals surface area contributed by atoms with Crippen molar-refractivity contribution in [1.82, 2.24) is 0 Å². The number of aromatic hydroxyl groups is 1. The van der Waals surface area contributed by atoms with Crippen LogP contribution < -0.4 is 4.73 Å². The number of pyridine rings is 1. The van der Waals surface area contributed by atoms with Crippen molar-refractivity contribution in [2.45, 2.75) is 0 Å². The van der Waals surface area contributed by atoms with Gasteiger partial charge in [0.2, 0.25) is 0 Å². The van der Waals surface area contributed by atoms with Gasteiger partial charge in [0.25, 0.3) is 17.0 Å². The number of nitro benzene ring substituents is 2. The van der Waals surface area contributed by atoms with E-state index in [9.17, 15) is 30.5 Å². The molecule has 9 heteroatoms. The lowest BCUT2D eigenvalue weighted by atomic mass is 10.1. The summed E-state index contributed by atoms with van der Waals surface area (Å²) in [5.74, 6) is -0.892. The topological polar surface area (TPSA) is 133 Å². The molecular formula is C9H5N3O6. The van der Waals surface area contributed by atoms with E-state index >= 15 is 0 Å². The summed E-state index contributed by atoms with van der Waals surface area (Å²) >= 11 is 0. The van der Waals surface area contributed by atoms with Crippen molar-refractivity contribution >= 4 is 22.3 Å². The third kappa shape index (κ3) is 1.54. The zero-order valence-electron chi connectivity index (χ0n) is 8.64. The summed E-state index contributed by atoms with van der Waals surface area (Å²) in [7, 11) is 0.